The van der Waals surface area contributed by atoms with Gasteiger partial charge in [-0.15, -0.1) is 0 Å². The Morgan fingerprint density at radius 2 is 2.55 bits per heavy atom. The Labute approximate surface area is 65.7 Å². The van der Waals surface area contributed by atoms with Gasteiger partial charge in [-0.25, -0.2) is 0 Å². The fourth-order valence-electron chi connectivity index (χ4n) is 1.60. The summed E-state index contributed by atoms with van der Waals surface area (Å²) < 4.78 is 1.91. The van der Waals surface area contributed by atoms with Gasteiger partial charge in [0, 0.05) is 6.54 Å². The molecule has 0 spiro atoms. The maximum absolute atomic E-state index is 9.51. The molecule has 0 saturated heterocycles. The van der Waals surface area contributed by atoms with Crippen LogP contribution in [0.15, 0.2) is 6.07 Å². The van der Waals surface area contributed by atoms with E-state index in [1.807, 2.05) is 17.7 Å². The molecule has 2 heterocycles. The van der Waals surface area contributed by atoms with E-state index < -0.39 is 0 Å². The zero-order valence-electron chi connectivity index (χ0n) is 6.62. The predicted molar refractivity (Wildman–Crippen MR) is 41.2 cm³/mol. The standard InChI is InChI=1S/C8H12N2O/c1-6-5-7-8(11)3-2-4-10(7)9-6/h5,8,11H,2-4H2,1H3. The second-order valence-corrected chi connectivity index (χ2v) is 3.09. The first-order valence-corrected chi connectivity index (χ1v) is 4.00. The number of aromatic nitrogens is 2. The van der Waals surface area contributed by atoms with Crippen LogP contribution < -0.4 is 0 Å². The molecule has 1 unspecified atom stereocenters. The molecule has 1 N–H and O–H groups in total. The summed E-state index contributed by atoms with van der Waals surface area (Å²) in [6, 6.07) is 1.96. The smallest absolute Gasteiger partial charge is 0.0957 e. The molecule has 1 aromatic rings. The first kappa shape index (κ1) is 6.85. The summed E-state index contributed by atoms with van der Waals surface area (Å²) in [7, 11) is 0. The van der Waals surface area contributed by atoms with Crippen LogP contribution in [0.3, 0.4) is 0 Å². The molecule has 1 aliphatic rings. The van der Waals surface area contributed by atoms with Crippen molar-refractivity contribution in [1.29, 1.82) is 0 Å². The largest absolute Gasteiger partial charge is 0.387 e. The van der Waals surface area contributed by atoms with Crippen molar-refractivity contribution in [2.24, 2.45) is 0 Å². The van der Waals surface area contributed by atoms with Crippen molar-refractivity contribution in [2.45, 2.75) is 32.4 Å². The first-order valence-electron chi connectivity index (χ1n) is 4.00. The van der Waals surface area contributed by atoms with Gasteiger partial charge in [-0.1, -0.05) is 0 Å². The summed E-state index contributed by atoms with van der Waals surface area (Å²) in [6.07, 6.45) is 1.63. The Kier molecular flexibility index (Phi) is 1.46. The summed E-state index contributed by atoms with van der Waals surface area (Å²) >= 11 is 0. The summed E-state index contributed by atoms with van der Waals surface area (Å²) in [5, 5.41) is 13.8. The number of aliphatic hydroxyl groups is 1. The average Bonchev–Trinajstić information content (AvgIpc) is 2.31. The average molecular weight is 152 g/mol. The number of hydrogen-bond acceptors (Lipinski definition) is 2. The third kappa shape index (κ3) is 1.05. The third-order valence-corrected chi connectivity index (χ3v) is 2.12. The SMILES string of the molecule is Cc1cc2n(n1)CCCC2O. The highest BCUT2D eigenvalue weighted by molar-refractivity contribution is 5.12. The Bertz CT molecular complexity index is 267. The van der Waals surface area contributed by atoms with Crippen molar-refractivity contribution in [3.63, 3.8) is 0 Å². The summed E-state index contributed by atoms with van der Waals surface area (Å²) in [5.74, 6) is 0. The van der Waals surface area contributed by atoms with Gasteiger partial charge >= 0.3 is 0 Å². The van der Waals surface area contributed by atoms with Gasteiger partial charge in [0.1, 0.15) is 0 Å². The van der Waals surface area contributed by atoms with Crippen molar-refractivity contribution in [2.75, 3.05) is 0 Å². The van der Waals surface area contributed by atoms with Gasteiger partial charge in [0.2, 0.25) is 0 Å². The van der Waals surface area contributed by atoms with Crippen molar-refractivity contribution in [1.82, 2.24) is 9.78 Å². The molecular formula is C8H12N2O. The fourth-order valence-corrected chi connectivity index (χ4v) is 1.60. The summed E-state index contributed by atoms with van der Waals surface area (Å²) in [4.78, 5) is 0. The molecule has 1 aliphatic heterocycles. The maximum atomic E-state index is 9.51. The summed E-state index contributed by atoms with van der Waals surface area (Å²) in [6.45, 7) is 2.91. The van der Waals surface area contributed by atoms with E-state index in [-0.39, 0.29) is 6.10 Å². The van der Waals surface area contributed by atoms with Crippen LogP contribution in [0.2, 0.25) is 0 Å². The maximum Gasteiger partial charge on any atom is 0.0957 e. The van der Waals surface area contributed by atoms with Gasteiger partial charge in [0.15, 0.2) is 0 Å². The molecule has 60 valence electrons. The van der Waals surface area contributed by atoms with Crippen LogP contribution in [-0.2, 0) is 6.54 Å². The Hall–Kier alpha value is -0.830. The highest BCUT2D eigenvalue weighted by Crippen LogP contribution is 2.24. The Morgan fingerprint density at radius 1 is 1.73 bits per heavy atom. The number of hydrogen-bond donors (Lipinski definition) is 1. The summed E-state index contributed by atoms with van der Waals surface area (Å²) in [5.41, 5.74) is 1.98. The zero-order chi connectivity index (χ0) is 7.84. The molecule has 1 atom stereocenters. The molecule has 11 heavy (non-hydrogen) atoms. The normalized spacial score (nSPS) is 23.3. The van der Waals surface area contributed by atoms with Crippen molar-refractivity contribution in [3.8, 4) is 0 Å². The molecule has 0 aliphatic carbocycles. The first-order chi connectivity index (χ1) is 5.27. The molecule has 1 aromatic heterocycles. The van der Waals surface area contributed by atoms with Gasteiger partial charge < -0.3 is 5.11 Å². The van der Waals surface area contributed by atoms with E-state index in [0.29, 0.717) is 0 Å². The lowest BCUT2D eigenvalue weighted by atomic mass is 10.1. The molecule has 0 aromatic carbocycles. The topological polar surface area (TPSA) is 38.0 Å². The van der Waals surface area contributed by atoms with E-state index in [1.165, 1.54) is 0 Å². The molecule has 0 fully saturated rings. The highest BCUT2D eigenvalue weighted by atomic mass is 16.3. The monoisotopic (exact) mass is 152 g/mol. The van der Waals surface area contributed by atoms with Crippen LogP contribution >= 0.6 is 0 Å². The van der Waals surface area contributed by atoms with Crippen LogP contribution in [0.4, 0.5) is 0 Å². The van der Waals surface area contributed by atoms with Crippen molar-refractivity contribution in [3.05, 3.63) is 17.5 Å². The van der Waals surface area contributed by atoms with Gasteiger partial charge in [-0.3, -0.25) is 4.68 Å². The van der Waals surface area contributed by atoms with Crippen molar-refractivity contribution >= 4 is 0 Å². The second-order valence-electron chi connectivity index (χ2n) is 3.09. The van der Waals surface area contributed by atoms with Crippen LogP contribution in [0.25, 0.3) is 0 Å². The minimum atomic E-state index is -0.287. The number of rotatable bonds is 0. The number of nitrogens with zero attached hydrogens (tertiary/aromatic N) is 2. The van der Waals surface area contributed by atoms with Crippen LogP contribution in [0.1, 0.15) is 30.3 Å². The van der Waals surface area contributed by atoms with E-state index in [9.17, 15) is 5.11 Å². The molecule has 3 nitrogen and oxygen atoms in total. The Morgan fingerprint density at radius 3 is 3.27 bits per heavy atom. The molecule has 3 heteroatoms. The number of aryl methyl sites for hydroxylation is 2. The number of fused-ring (bicyclic) bond motifs is 1. The Balaban J connectivity index is 2.43. The minimum absolute atomic E-state index is 0.287. The third-order valence-electron chi connectivity index (χ3n) is 2.12. The minimum Gasteiger partial charge on any atom is -0.387 e. The quantitative estimate of drug-likeness (QED) is 0.602. The molecule has 0 saturated carbocycles. The highest BCUT2D eigenvalue weighted by Gasteiger charge is 2.18. The van der Waals surface area contributed by atoms with Crippen LogP contribution in [0.5, 0.6) is 0 Å². The van der Waals surface area contributed by atoms with Crippen molar-refractivity contribution < 1.29 is 5.11 Å². The van der Waals surface area contributed by atoms with Gasteiger partial charge in [0.25, 0.3) is 0 Å². The van der Waals surface area contributed by atoms with Crippen LogP contribution in [0, 0.1) is 6.92 Å². The van der Waals surface area contributed by atoms with E-state index in [0.717, 1.165) is 30.8 Å². The fraction of sp³-hybridized carbons (Fsp3) is 0.625. The second kappa shape index (κ2) is 2.34. The van der Waals surface area contributed by atoms with E-state index in [1.54, 1.807) is 0 Å². The van der Waals surface area contributed by atoms with E-state index in [2.05, 4.69) is 5.10 Å². The van der Waals surface area contributed by atoms with E-state index in [4.69, 9.17) is 0 Å². The lowest BCUT2D eigenvalue weighted by molar-refractivity contribution is 0.135. The van der Waals surface area contributed by atoms with Gasteiger partial charge in [0.05, 0.1) is 17.5 Å². The molecule has 2 rings (SSSR count). The number of aliphatic hydroxyl groups excluding tert-OH is 1. The van der Waals surface area contributed by atoms with E-state index >= 15 is 0 Å². The van der Waals surface area contributed by atoms with Crippen LogP contribution in [-0.4, -0.2) is 14.9 Å². The molecule has 0 radical (unpaired) electrons. The zero-order valence-corrected chi connectivity index (χ0v) is 6.62. The van der Waals surface area contributed by atoms with Gasteiger partial charge in [-0.2, -0.15) is 5.10 Å². The molecular weight excluding hydrogens is 140 g/mol. The molecule has 0 bridgehead atoms. The lowest BCUT2D eigenvalue weighted by Gasteiger charge is -2.18. The predicted octanol–water partition coefficient (Wildman–Crippen LogP) is 1.02. The lowest BCUT2D eigenvalue weighted by Crippen LogP contribution is -2.15. The van der Waals surface area contributed by atoms with Gasteiger partial charge in [-0.05, 0) is 25.8 Å². The molecule has 0 amide bonds.